The number of Topliss-reactive ketones (excluding diaryl/α,β-unsaturated/α-hetero) is 1. The first-order valence-corrected chi connectivity index (χ1v) is 14.8. The molecule has 1 amide bonds. The van der Waals surface area contributed by atoms with E-state index in [2.05, 4.69) is 11.4 Å². The fourth-order valence-corrected chi connectivity index (χ4v) is 9.13. The third kappa shape index (κ3) is 4.51. The van der Waals surface area contributed by atoms with Crippen LogP contribution in [-0.2, 0) is 4.79 Å². The molecule has 2 heterocycles. The molecule has 1 aromatic carbocycles. The number of nitrogens with one attached hydrogen (secondary N) is 1. The number of pyridine rings is 1. The molecule has 3 aromatic rings. The van der Waals surface area contributed by atoms with E-state index in [9.17, 15) is 14.9 Å². The molecular formula is C30H29N3O2S2. The lowest BCUT2D eigenvalue weighted by molar-refractivity contribution is -0.141. The van der Waals surface area contributed by atoms with Crippen molar-refractivity contribution in [2.45, 2.75) is 50.5 Å². The monoisotopic (exact) mass is 527 g/mol. The molecule has 0 radical (unpaired) electrons. The van der Waals surface area contributed by atoms with Crippen LogP contribution in [0.15, 0.2) is 52.9 Å². The van der Waals surface area contributed by atoms with E-state index in [1.807, 2.05) is 54.8 Å². The lowest BCUT2D eigenvalue weighted by Crippen LogP contribution is -2.50. The van der Waals surface area contributed by atoms with Gasteiger partial charge >= 0.3 is 0 Å². The van der Waals surface area contributed by atoms with Crippen molar-refractivity contribution >= 4 is 40.5 Å². The number of carbonyl (C=O) groups excluding carboxylic acids is 2. The number of hydrogen-bond acceptors (Lipinski definition) is 6. The fourth-order valence-electron chi connectivity index (χ4n) is 7.28. The van der Waals surface area contributed by atoms with Gasteiger partial charge in [0.05, 0.1) is 22.6 Å². The number of aryl methyl sites for hydroxylation is 1. The summed E-state index contributed by atoms with van der Waals surface area (Å²) in [6.07, 6.45) is 7.01. The molecule has 4 fully saturated rings. The smallest absolute Gasteiger partial charge is 0.258 e. The Morgan fingerprint density at radius 1 is 1.08 bits per heavy atom. The Balaban J connectivity index is 1.32. The number of carbonyl (C=O) groups is 2. The van der Waals surface area contributed by atoms with Gasteiger partial charge in [-0.15, -0.1) is 11.3 Å². The number of anilines is 1. The van der Waals surface area contributed by atoms with Crippen molar-refractivity contribution in [1.29, 1.82) is 5.26 Å². The molecule has 4 saturated carbocycles. The minimum absolute atomic E-state index is 0.171. The van der Waals surface area contributed by atoms with E-state index in [1.165, 1.54) is 42.4 Å². The van der Waals surface area contributed by atoms with Gasteiger partial charge in [0.25, 0.3) is 5.91 Å². The van der Waals surface area contributed by atoms with Crippen LogP contribution in [0.4, 0.5) is 5.69 Å². The lowest BCUT2D eigenvalue weighted by Gasteiger charge is -2.56. The molecule has 0 spiro atoms. The second kappa shape index (κ2) is 9.74. The zero-order valence-electron chi connectivity index (χ0n) is 20.8. The van der Waals surface area contributed by atoms with Gasteiger partial charge in [-0.2, -0.15) is 5.26 Å². The average Bonchev–Trinajstić information content (AvgIpc) is 3.41. The first-order chi connectivity index (χ1) is 18.0. The second-order valence-electron chi connectivity index (χ2n) is 10.9. The summed E-state index contributed by atoms with van der Waals surface area (Å²) in [5.74, 6) is 2.49. The third-order valence-electron chi connectivity index (χ3n) is 8.45. The first kappa shape index (κ1) is 24.4. The van der Waals surface area contributed by atoms with Crippen molar-refractivity contribution in [3.8, 4) is 16.5 Å². The predicted molar refractivity (Wildman–Crippen MR) is 148 cm³/mol. The Hall–Kier alpha value is -2.95. The highest BCUT2D eigenvalue weighted by molar-refractivity contribution is 8.00. The van der Waals surface area contributed by atoms with Gasteiger partial charge in [-0.3, -0.25) is 9.59 Å². The number of nitrogens with zero attached hydrogens (tertiary/aromatic N) is 2. The Morgan fingerprint density at radius 2 is 1.76 bits per heavy atom. The van der Waals surface area contributed by atoms with E-state index in [-0.39, 0.29) is 11.3 Å². The molecular weight excluding hydrogens is 498 g/mol. The SMILES string of the molecule is Cc1nc(SCC(=O)C23CC4CC(CC(C4)C2)C3)c(C#N)c(-c2cccs2)c1C(=O)Nc1ccccc1. The summed E-state index contributed by atoms with van der Waals surface area (Å²) < 4.78 is 0. The molecule has 7 rings (SSSR count). The Kier molecular flexibility index (Phi) is 6.42. The minimum Gasteiger partial charge on any atom is -0.322 e. The lowest BCUT2D eigenvalue weighted by atomic mass is 9.48. The van der Waals surface area contributed by atoms with E-state index in [1.54, 1.807) is 0 Å². The van der Waals surface area contributed by atoms with Gasteiger partial charge in [-0.05, 0) is 86.8 Å². The quantitative estimate of drug-likeness (QED) is 0.331. The van der Waals surface area contributed by atoms with Crippen molar-refractivity contribution < 1.29 is 9.59 Å². The fraction of sp³-hybridized carbons (Fsp3) is 0.400. The van der Waals surface area contributed by atoms with Gasteiger partial charge in [0.2, 0.25) is 0 Å². The van der Waals surface area contributed by atoms with E-state index in [0.29, 0.717) is 62.4 Å². The summed E-state index contributed by atoms with van der Waals surface area (Å²) in [6, 6.07) is 15.5. The Morgan fingerprint density at radius 3 is 2.35 bits per heavy atom. The van der Waals surface area contributed by atoms with Crippen LogP contribution in [0.2, 0.25) is 0 Å². The number of nitriles is 1. The number of thioether (sulfide) groups is 1. The van der Waals surface area contributed by atoms with E-state index in [4.69, 9.17) is 4.98 Å². The normalized spacial score (nSPS) is 25.6. The molecule has 0 saturated heterocycles. The van der Waals surface area contributed by atoms with Crippen LogP contribution in [0, 0.1) is 41.4 Å². The number of aromatic nitrogens is 1. The molecule has 0 aliphatic heterocycles. The zero-order chi connectivity index (χ0) is 25.6. The molecule has 1 N–H and O–H groups in total. The van der Waals surface area contributed by atoms with E-state index >= 15 is 0 Å². The molecule has 2 aromatic heterocycles. The van der Waals surface area contributed by atoms with Gasteiger partial charge in [-0.25, -0.2) is 4.98 Å². The van der Waals surface area contributed by atoms with Crippen molar-refractivity contribution in [2.24, 2.45) is 23.2 Å². The van der Waals surface area contributed by atoms with Crippen LogP contribution < -0.4 is 5.32 Å². The highest BCUT2D eigenvalue weighted by atomic mass is 32.2. The van der Waals surface area contributed by atoms with Gasteiger partial charge in [0.15, 0.2) is 0 Å². The molecule has 4 aliphatic carbocycles. The van der Waals surface area contributed by atoms with Crippen LogP contribution >= 0.6 is 23.1 Å². The van der Waals surface area contributed by atoms with Crippen molar-refractivity contribution in [1.82, 2.24) is 4.98 Å². The van der Waals surface area contributed by atoms with Crippen molar-refractivity contribution in [3.63, 3.8) is 0 Å². The second-order valence-corrected chi connectivity index (χ2v) is 12.9. The molecule has 7 heteroatoms. The zero-order valence-corrected chi connectivity index (χ0v) is 22.5. The molecule has 37 heavy (non-hydrogen) atoms. The highest BCUT2D eigenvalue weighted by Crippen LogP contribution is 2.60. The van der Waals surface area contributed by atoms with Crippen LogP contribution in [0.1, 0.15) is 60.1 Å². The van der Waals surface area contributed by atoms with Gasteiger partial charge < -0.3 is 5.32 Å². The van der Waals surface area contributed by atoms with Gasteiger partial charge in [-0.1, -0.05) is 36.0 Å². The molecule has 4 aliphatic rings. The van der Waals surface area contributed by atoms with Crippen LogP contribution in [0.25, 0.3) is 10.4 Å². The highest BCUT2D eigenvalue weighted by Gasteiger charge is 2.54. The molecule has 4 bridgehead atoms. The number of rotatable bonds is 7. The Labute approximate surface area is 225 Å². The summed E-state index contributed by atoms with van der Waals surface area (Å²) in [5.41, 5.74) is 2.44. The summed E-state index contributed by atoms with van der Waals surface area (Å²) in [6.45, 7) is 1.81. The summed E-state index contributed by atoms with van der Waals surface area (Å²) in [5, 5.41) is 15.7. The van der Waals surface area contributed by atoms with Crippen LogP contribution in [0.5, 0.6) is 0 Å². The topological polar surface area (TPSA) is 82.8 Å². The van der Waals surface area contributed by atoms with Gasteiger partial charge in [0, 0.05) is 21.5 Å². The van der Waals surface area contributed by atoms with Crippen LogP contribution in [0.3, 0.4) is 0 Å². The standard InChI is InChI=1S/C30H29N3O2S2/c1-18-26(28(35)33-22-6-3-2-4-7-22)27(24-8-5-9-36-24)23(16-31)29(32-18)37-17-25(34)30-13-19-10-20(14-30)12-21(11-19)15-30/h2-9,19-21H,10-15,17H2,1H3,(H,33,35). The number of hydrogen-bond donors (Lipinski definition) is 1. The Bertz CT molecular complexity index is 1360. The van der Waals surface area contributed by atoms with E-state index < -0.39 is 0 Å². The molecule has 188 valence electrons. The third-order valence-corrected chi connectivity index (χ3v) is 10.3. The van der Waals surface area contributed by atoms with Gasteiger partial charge in [0.1, 0.15) is 16.9 Å². The maximum absolute atomic E-state index is 13.7. The number of benzene rings is 1. The molecule has 0 atom stereocenters. The van der Waals surface area contributed by atoms with Crippen LogP contribution in [-0.4, -0.2) is 22.4 Å². The molecule has 5 nitrogen and oxygen atoms in total. The summed E-state index contributed by atoms with van der Waals surface area (Å²) in [4.78, 5) is 32.7. The average molecular weight is 528 g/mol. The molecule has 0 unspecified atom stereocenters. The maximum atomic E-state index is 13.7. The summed E-state index contributed by atoms with van der Waals surface area (Å²) >= 11 is 2.86. The van der Waals surface area contributed by atoms with Crippen molar-refractivity contribution in [2.75, 3.05) is 11.1 Å². The minimum atomic E-state index is -0.294. The summed E-state index contributed by atoms with van der Waals surface area (Å²) in [7, 11) is 0. The largest absolute Gasteiger partial charge is 0.322 e. The van der Waals surface area contributed by atoms with E-state index in [0.717, 1.165) is 24.1 Å². The number of amides is 1. The number of ketones is 1. The van der Waals surface area contributed by atoms with Crippen molar-refractivity contribution in [3.05, 3.63) is 64.7 Å². The number of para-hydroxylation sites is 1. The predicted octanol–water partition coefficient (Wildman–Crippen LogP) is 7.12. The number of thiophene rings is 1. The maximum Gasteiger partial charge on any atom is 0.258 e. The first-order valence-electron chi connectivity index (χ1n) is 13.0.